The van der Waals surface area contributed by atoms with E-state index in [0.717, 1.165) is 36.4 Å². The first-order valence-corrected chi connectivity index (χ1v) is 10.7. The summed E-state index contributed by atoms with van der Waals surface area (Å²) in [6.07, 6.45) is 0. The summed E-state index contributed by atoms with van der Waals surface area (Å²) in [5, 5.41) is 3.15. The fraction of sp³-hybridized carbons (Fsp3) is 0.444. The smallest absolute Gasteiger partial charge is 0.218 e. The van der Waals surface area contributed by atoms with E-state index in [-0.39, 0.29) is 18.7 Å². The average Bonchev–Trinajstić information content (AvgIpc) is 2.64. The quantitative estimate of drug-likeness (QED) is 0.785. The van der Waals surface area contributed by atoms with Crippen LogP contribution in [-0.4, -0.2) is 55.4 Å². The van der Waals surface area contributed by atoms with Crippen molar-refractivity contribution in [2.24, 2.45) is 0 Å². The van der Waals surface area contributed by atoms with Crippen molar-refractivity contribution in [3.05, 3.63) is 47.3 Å². The van der Waals surface area contributed by atoms with Gasteiger partial charge in [0, 0.05) is 44.4 Å². The maximum Gasteiger partial charge on any atom is 0.218 e. The van der Waals surface area contributed by atoms with Crippen LogP contribution in [-0.2, 0) is 15.8 Å². The fourth-order valence-corrected chi connectivity index (χ4v) is 4.64. The first-order chi connectivity index (χ1) is 13.3. The molecule has 1 aliphatic rings. The normalized spacial score (nSPS) is 15.6. The molecule has 1 aliphatic heterocycles. The molecule has 0 saturated carbocycles. The molecule has 3 rings (SSSR count). The third-order valence-electron chi connectivity index (χ3n) is 4.48. The topological polar surface area (TPSA) is 78.4 Å². The Morgan fingerprint density at radius 2 is 1.82 bits per heavy atom. The van der Waals surface area contributed by atoms with Crippen LogP contribution >= 0.6 is 0 Å². The van der Waals surface area contributed by atoms with E-state index in [0.29, 0.717) is 18.9 Å². The largest absolute Gasteiger partial charge is 0.370 e. The molecule has 0 amide bonds. The van der Waals surface area contributed by atoms with Gasteiger partial charge in [0.05, 0.1) is 5.75 Å². The van der Waals surface area contributed by atoms with E-state index in [4.69, 9.17) is 0 Å². The summed E-state index contributed by atoms with van der Waals surface area (Å²) in [4.78, 5) is 10.7. The fourth-order valence-electron chi connectivity index (χ4n) is 3.12. The van der Waals surface area contributed by atoms with Gasteiger partial charge in [-0.25, -0.2) is 27.2 Å². The highest BCUT2D eigenvalue weighted by Crippen LogP contribution is 2.21. The van der Waals surface area contributed by atoms with E-state index >= 15 is 0 Å². The molecule has 1 saturated heterocycles. The average molecular weight is 411 g/mol. The van der Waals surface area contributed by atoms with Crippen molar-refractivity contribution in [1.29, 1.82) is 0 Å². The number of anilines is 2. The molecule has 1 N–H and O–H groups in total. The number of aromatic nitrogens is 2. The number of hydrogen-bond acceptors (Lipinski definition) is 6. The monoisotopic (exact) mass is 411 g/mol. The van der Waals surface area contributed by atoms with Gasteiger partial charge in [-0.1, -0.05) is 0 Å². The van der Waals surface area contributed by atoms with Gasteiger partial charge in [-0.2, -0.15) is 4.31 Å². The zero-order chi connectivity index (χ0) is 20.3. The van der Waals surface area contributed by atoms with Crippen LogP contribution in [0.4, 0.5) is 20.4 Å². The van der Waals surface area contributed by atoms with Gasteiger partial charge < -0.3 is 10.2 Å². The minimum atomic E-state index is -3.75. The van der Waals surface area contributed by atoms with Crippen LogP contribution in [0, 0.1) is 18.6 Å². The second kappa shape index (κ2) is 8.36. The van der Waals surface area contributed by atoms with Crippen LogP contribution < -0.4 is 10.2 Å². The lowest BCUT2D eigenvalue weighted by Crippen LogP contribution is -2.49. The molecule has 0 radical (unpaired) electrons. The van der Waals surface area contributed by atoms with Gasteiger partial charge in [-0.15, -0.1) is 0 Å². The van der Waals surface area contributed by atoms with E-state index in [9.17, 15) is 17.2 Å². The van der Waals surface area contributed by atoms with Crippen molar-refractivity contribution in [2.75, 3.05) is 42.9 Å². The Hall–Kier alpha value is -2.33. The highest BCUT2D eigenvalue weighted by Gasteiger charge is 2.28. The van der Waals surface area contributed by atoms with Crippen molar-refractivity contribution in [3.63, 3.8) is 0 Å². The number of benzene rings is 1. The molecule has 2 aromatic rings. The van der Waals surface area contributed by atoms with Crippen LogP contribution in [0.2, 0.25) is 0 Å². The summed E-state index contributed by atoms with van der Waals surface area (Å²) in [5.74, 6) is 0.139. The molecule has 0 atom stereocenters. The number of nitrogens with one attached hydrogen (secondary N) is 1. The standard InChI is InChI=1S/C18H23F2N5O2S/c1-3-21-17-11-18(23-13(2)22-17)24-6-8-25(9-7-24)28(26,27)12-14-10-15(19)4-5-16(14)20/h4-5,10-11H,3,6-9,12H2,1-2H3,(H,21,22,23). The van der Waals surface area contributed by atoms with Gasteiger partial charge in [0.25, 0.3) is 0 Å². The van der Waals surface area contributed by atoms with Gasteiger partial charge >= 0.3 is 0 Å². The Balaban J connectivity index is 1.68. The maximum atomic E-state index is 13.8. The maximum absolute atomic E-state index is 13.8. The predicted octanol–water partition coefficient (Wildman–Crippen LogP) is 2.15. The molecule has 0 unspecified atom stereocenters. The SMILES string of the molecule is CCNc1cc(N2CCN(S(=O)(=O)Cc3cc(F)ccc3F)CC2)nc(C)n1. The first-order valence-electron chi connectivity index (χ1n) is 9.05. The zero-order valence-electron chi connectivity index (χ0n) is 15.8. The van der Waals surface area contributed by atoms with Gasteiger partial charge in [-0.3, -0.25) is 0 Å². The number of aryl methyl sites for hydroxylation is 1. The first kappa shape index (κ1) is 20.4. The van der Waals surface area contributed by atoms with E-state index in [2.05, 4.69) is 15.3 Å². The summed E-state index contributed by atoms with van der Waals surface area (Å²) in [6, 6.07) is 4.67. The van der Waals surface area contributed by atoms with Gasteiger partial charge in [-0.05, 0) is 32.0 Å². The Bertz CT molecular complexity index is 947. The number of nitrogens with zero attached hydrogens (tertiary/aromatic N) is 4. The molecule has 10 heteroatoms. The molecule has 0 aliphatic carbocycles. The molecule has 152 valence electrons. The molecular weight excluding hydrogens is 388 g/mol. The number of halogens is 2. The Morgan fingerprint density at radius 3 is 2.50 bits per heavy atom. The zero-order valence-corrected chi connectivity index (χ0v) is 16.6. The number of rotatable bonds is 6. The third kappa shape index (κ3) is 4.74. The highest BCUT2D eigenvalue weighted by atomic mass is 32.2. The van der Waals surface area contributed by atoms with Crippen molar-refractivity contribution < 1.29 is 17.2 Å². The molecule has 7 nitrogen and oxygen atoms in total. The summed E-state index contributed by atoms with van der Waals surface area (Å²) in [7, 11) is -3.75. The van der Waals surface area contributed by atoms with Crippen LogP contribution in [0.5, 0.6) is 0 Å². The van der Waals surface area contributed by atoms with Crippen LogP contribution in [0.15, 0.2) is 24.3 Å². The Morgan fingerprint density at radius 1 is 1.11 bits per heavy atom. The van der Waals surface area contributed by atoms with E-state index < -0.39 is 27.4 Å². The van der Waals surface area contributed by atoms with E-state index in [1.807, 2.05) is 17.9 Å². The molecule has 2 heterocycles. The van der Waals surface area contributed by atoms with Gasteiger partial charge in [0.15, 0.2) is 0 Å². The molecular formula is C18H23F2N5O2S. The number of sulfonamides is 1. The van der Waals surface area contributed by atoms with Crippen LogP contribution in [0.25, 0.3) is 0 Å². The lowest BCUT2D eigenvalue weighted by molar-refractivity contribution is 0.382. The van der Waals surface area contributed by atoms with Gasteiger partial charge in [0.1, 0.15) is 29.1 Å². The molecule has 0 bridgehead atoms. The Kier molecular flexibility index (Phi) is 6.09. The lowest BCUT2D eigenvalue weighted by atomic mass is 10.2. The lowest BCUT2D eigenvalue weighted by Gasteiger charge is -2.34. The number of piperazine rings is 1. The Labute approximate surface area is 163 Å². The predicted molar refractivity (Wildman–Crippen MR) is 104 cm³/mol. The van der Waals surface area contributed by atoms with E-state index in [1.165, 1.54) is 4.31 Å². The van der Waals surface area contributed by atoms with Crippen molar-refractivity contribution >= 4 is 21.7 Å². The molecule has 1 aromatic carbocycles. The van der Waals surface area contributed by atoms with Crippen molar-refractivity contribution in [1.82, 2.24) is 14.3 Å². The highest BCUT2D eigenvalue weighted by molar-refractivity contribution is 7.88. The summed E-state index contributed by atoms with van der Waals surface area (Å²) < 4.78 is 53.7. The summed E-state index contributed by atoms with van der Waals surface area (Å²) in [5.41, 5.74) is -0.163. The molecule has 1 fully saturated rings. The van der Waals surface area contributed by atoms with Crippen LogP contribution in [0.3, 0.4) is 0 Å². The minimum Gasteiger partial charge on any atom is -0.370 e. The van der Waals surface area contributed by atoms with Gasteiger partial charge in [0.2, 0.25) is 10.0 Å². The second-order valence-corrected chi connectivity index (χ2v) is 8.54. The van der Waals surface area contributed by atoms with Crippen molar-refractivity contribution in [2.45, 2.75) is 19.6 Å². The van der Waals surface area contributed by atoms with E-state index in [1.54, 1.807) is 6.92 Å². The van der Waals surface area contributed by atoms with Crippen molar-refractivity contribution in [3.8, 4) is 0 Å². The van der Waals surface area contributed by atoms with Crippen LogP contribution in [0.1, 0.15) is 18.3 Å². The second-order valence-electron chi connectivity index (χ2n) is 6.57. The molecule has 0 spiro atoms. The molecule has 28 heavy (non-hydrogen) atoms. The third-order valence-corrected chi connectivity index (χ3v) is 6.31. The number of hydrogen-bond donors (Lipinski definition) is 1. The molecule has 1 aromatic heterocycles. The summed E-state index contributed by atoms with van der Waals surface area (Å²) in [6.45, 7) is 5.91. The minimum absolute atomic E-state index is 0.163. The summed E-state index contributed by atoms with van der Waals surface area (Å²) >= 11 is 0.